The fraction of sp³-hybridized carbons (Fsp3) is 0.786. The number of halogens is 13. The SMILES string of the molecule is C=CC(=O)N(CCCC)CC(F)(F)C(F)(F)C(F)(F)C(F)(F)C(F)(F)C(F)(F)F. The first kappa shape index (κ1) is 27.3. The highest BCUT2D eigenvalue weighted by molar-refractivity contribution is 5.87. The van der Waals surface area contributed by atoms with Gasteiger partial charge in [-0.15, -0.1) is 0 Å². The summed E-state index contributed by atoms with van der Waals surface area (Å²) in [7, 11) is 0. The van der Waals surface area contributed by atoms with Gasteiger partial charge in [-0.1, -0.05) is 19.9 Å². The van der Waals surface area contributed by atoms with Gasteiger partial charge in [0.25, 0.3) is 0 Å². The molecule has 0 aromatic heterocycles. The van der Waals surface area contributed by atoms with E-state index in [1.165, 1.54) is 6.92 Å². The van der Waals surface area contributed by atoms with Crippen molar-refractivity contribution in [2.75, 3.05) is 13.1 Å². The Bertz CT molecular complexity index is 597. The molecule has 0 aliphatic heterocycles. The zero-order valence-electron chi connectivity index (χ0n) is 14.4. The highest BCUT2D eigenvalue weighted by atomic mass is 19.4. The van der Waals surface area contributed by atoms with Gasteiger partial charge in [0.05, 0.1) is 6.54 Å². The molecule has 2 nitrogen and oxygen atoms in total. The van der Waals surface area contributed by atoms with E-state index in [-0.39, 0.29) is 23.8 Å². The quantitative estimate of drug-likeness (QED) is 0.311. The van der Waals surface area contributed by atoms with Crippen molar-refractivity contribution in [2.24, 2.45) is 0 Å². The third-order valence-corrected chi connectivity index (χ3v) is 3.66. The van der Waals surface area contributed by atoms with Crippen LogP contribution in [-0.4, -0.2) is 59.7 Å². The maximum atomic E-state index is 13.8. The van der Waals surface area contributed by atoms with Gasteiger partial charge in [-0.25, -0.2) is 0 Å². The second-order valence-corrected chi connectivity index (χ2v) is 5.82. The molecule has 0 fully saturated rings. The van der Waals surface area contributed by atoms with Crippen LogP contribution < -0.4 is 0 Å². The average Bonchev–Trinajstić information content (AvgIpc) is 2.55. The molecular weight excluding hydrogens is 445 g/mol. The van der Waals surface area contributed by atoms with Crippen molar-refractivity contribution in [2.45, 2.75) is 55.6 Å². The summed E-state index contributed by atoms with van der Waals surface area (Å²) >= 11 is 0. The minimum atomic E-state index is -7.96. The van der Waals surface area contributed by atoms with Crippen LogP contribution in [-0.2, 0) is 4.79 Å². The molecule has 0 bridgehead atoms. The van der Waals surface area contributed by atoms with Crippen molar-refractivity contribution in [3.05, 3.63) is 12.7 Å². The van der Waals surface area contributed by atoms with Gasteiger partial charge in [0, 0.05) is 6.54 Å². The lowest BCUT2D eigenvalue weighted by molar-refractivity contribution is -0.440. The Kier molecular flexibility index (Phi) is 7.72. The maximum absolute atomic E-state index is 13.8. The number of amides is 1. The minimum Gasteiger partial charge on any atom is -0.333 e. The fourth-order valence-corrected chi connectivity index (χ4v) is 1.89. The van der Waals surface area contributed by atoms with Crippen LogP contribution in [0.15, 0.2) is 12.7 Å². The highest BCUT2D eigenvalue weighted by Crippen LogP contribution is 2.60. The van der Waals surface area contributed by atoms with Gasteiger partial charge in [-0.2, -0.15) is 57.1 Å². The van der Waals surface area contributed by atoms with Crippen molar-refractivity contribution >= 4 is 5.91 Å². The van der Waals surface area contributed by atoms with Crippen LogP contribution in [0.3, 0.4) is 0 Å². The molecule has 0 aliphatic carbocycles. The van der Waals surface area contributed by atoms with Crippen molar-refractivity contribution in [3.63, 3.8) is 0 Å². The summed E-state index contributed by atoms with van der Waals surface area (Å²) < 4.78 is 169. The predicted molar refractivity (Wildman–Crippen MR) is 72.5 cm³/mol. The van der Waals surface area contributed by atoms with E-state index in [1.54, 1.807) is 0 Å². The van der Waals surface area contributed by atoms with E-state index in [0.717, 1.165) is 0 Å². The summed E-state index contributed by atoms with van der Waals surface area (Å²) in [6.07, 6.45) is -7.17. The first-order valence-corrected chi connectivity index (χ1v) is 7.52. The van der Waals surface area contributed by atoms with Crippen LogP contribution in [0.4, 0.5) is 57.1 Å². The van der Waals surface area contributed by atoms with Gasteiger partial charge in [0.1, 0.15) is 0 Å². The Hall–Kier alpha value is -1.70. The van der Waals surface area contributed by atoms with Crippen LogP contribution in [0.5, 0.6) is 0 Å². The van der Waals surface area contributed by atoms with Crippen molar-refractivity contribution in [1.29, 1.82) is 0 Å². The molecule has 29 heavy (non-hydrogen) atoms. The summed E-state index contributed by atoms with van der Waals surface area (Å²) in [5.41, 5.74) is 0. The zero-order chi connectivity index (χ0) is 23.7. The normalized spacial score (nSPS) is 14.7. The Labute approximate surface area is 155 Å². The Morgan fingerprint density at radius 1 is 0.793 bits per heavy atom. The second kappa shape index (κ2) is 8.20. The van der Waals surface area contributed by atoms with E-state index in [1.807, 2.05) is 0 Å². The topological polar surface area (TPSA) is 20.3 Å². The highest BCUT2D eigenvalue weighted by Gasteiger charge is 2.90. The number of carbonyl (C=O) groups is 1. The summed E-state index contributed by atoms with van der Waals surface area (Å²) in [6, 6.07) is 0. The number of hydrogen-bond acceptors (Lipinski definition) is 1. The monoisotopic (exact) mass is 459 g/mol. The fourth-order valence-electron chi connectivity index (χ4n) is 1.89. The molecule has 1 amide bonds. The molecule has 0 spiro atoms. The van der Waals surface area contributed by atoms with Gasteiger partial charge >= 0.3 is 35.8 Å². The van der Waals surface area contributed by atoms with E-state index in [9.17, 15) is 61.9 Å². The van der Waals surface area contributed by atoms with Crippen molar-refractivity contribution in [1.82, 2.24) is 4.90 Å². The van der Waals surface area contributed by atoms with Crippen molar-refractivity contribution in [3.8, 4) is 0 Å². The molecule has 0 saturated heterocycles. The zero-order valence-corrected chi connectivity index (χ0v) is 14.4. The van der Waals surface area contributed by atoms with Crippen molar-refractivity contribution < 1.29 is 61.9 Å². The molecule has 0 aliphatic rings. The van der Waals surface area contributed by atoms with E-state index < -0.39 is 54.8 Å². The Morgan fingerprint density at radius 3 is 1.55 bits per heavy atom. The molecule has 0 saturated carbocycles. The van der Waals surface area contributed by atoms with Crippen LogP contribution >= 0.6 is 0 Å². The van der Waals surface area contributed by atoms with Gasteiger partial charge < -0.3 is 4.90 Å². The lowest BCUT2D eigenvalue weighted by Crippen LogP contribution is -2.71. The standard InChI is InChI=1S/C14H14F13NO/c1-3-5-6-28(8(29)4-2)7-9(15,16)10(17,18)11(19,20)12(21,22)13(23,24)14(25,26)27/h4H,2-3,5-7H2,1H3. The molecule has 0 aromatic carbocycles. The largest absolute Gasteiger partial charge is 0.460 e. The Morgan fingerprint density at radius 2 is 1.21 bits per heavy atom. The summed E-state index contributed by atoms with van der Waals surface area (Å²) in [4.78, 5) is 11.2. The van der Waals surface area contributed by atoms with E-state index in [2.05, 4.69) is 6.58 Å². The third kappa shape index (κ3) is 4.57. The number of nitrogens with zero attached hydrogens (tertiary/aromatic N) is 1. The lowest BCUT2D eigenvalue weighted by Gasteiger charge is -2.40. The number of alkyl halides is 13. The molecule has 0 rings (SSSR count). The summed E-state index contributed by atoms with van der Waals surface area (Å²) in [5, 5.41) is 0. The van der Waals surface area contributed by atoms with Gasteiger partial charge in [0.2, 0.25) is 5.91 Å². The molecule has 15 heteroatoms. The predicted octanol–water partition coefficient (Wildman–Crippen LogP) is 5.54. The van der Waals surface area contributed by atoms with Crippen LogP contribution in [0.1, 0.15) is 19.8 Å². The number of hydrogen-bond donors (Lipinski definition) is 0. The molecule has 0 heterocycles. The molecule has 0 aromatic rings. The first-order valence-electron chi connectivity index (χ1n) is 7.52. The molecule has 172 valence electrons. The number of carbonyl (C=O) groups excluding carboxylic acids is 1. The number of unbranched alkanes of at least 4 members (excludes halogenated alkanes) is 1. The van der Waals surface area contributed by atoms with E-state index >= 15 is 0 Å². The number of rotatable bonds is 10. The molecule has 0 N–H and O–H groups in total. The first-order chi connectivity index (χ1) is 12.7. The molecule has 0 unspecified atom stereocenters. The van der Waals surface area contributed by atoms with E-state index in [4.69, 9.17) is 0 Å². The smallest absolute Gasteiger partial charge is 0.333 e. The lowest BCUT2D eigenvalue weighted by atomic mass is 9.93. The Balaban J connectivity index is 6.20. The minimum absolute atomic E-state index is 0.153. The summed E-state index contributed by atoms with van der Waals surface area (Å²) in [6.45, 7) is 0.798. The van der Waals surface area contributed by atoms with Gasteiger partial charge in [-0.3, -0.25) is 4.79 Å². The third-order valence-electron chi connectivity index (χ3n) is 3.66. The van der Waals surface area contributed by atoms with Gasteiger partial charge in [0.15, 0.2) is 0 Å². The van der Waals surface area contributed by atoms with Crippen LogP contribution in [0, 0.1) is 0 Å². The molecular formula is C14H14F13NO. The maximum Gasteiger partial charge on any atom is 0.460 e. The van der Waals surface area contributed by atoms with Crippen LogP contribution in [0.25, 0.3) is 0 Å². The molecule has 0 radical (unpaired) electrons. The van der Waals surface area contributed by atoms with Gasteiger partial charge in [-0.05, 0) is 12.5 Å². The summed E-state index contributed by atoms with van der Waals surface area (Å²) in [5.74, 6) is -38.9. The average molecular weight is 459 g/mol. The van der Waals surface area contributed by atoms with E-state index in [0.29, 0.717) is 0 Å². The van der Waals surface area contributed by atoms with Crippen LogP contribution in [0.2, 0.25) is 0 Å². The molecule has 0 atom stereocenters. The second-order valence-electron chi connectivity index (χ2n) is 5.82.